The van der Waals surface area contributed by atoms with E-state index in [-0.39, 0.29) is 6.04 Å². The van der Waals surface area contributed by atoms with Gasteiger partial charge in [-0.2, -0.15) is 0 Å². The molecule has 2 aromatic heterocycles. The molecule has 0 saturated carbocycles. The van der Waals surface area contributed by atoms with Crippen molar-refractivity contribution in [3.05, 3.63) is 173 Å². The van der Waals surface area contributed by atoms with Gasteiger partial charge < -0.3 is 18.6 Å². The summed E-state index contributed by atoms with van der Waals surface area (Å²) >= 11 is 0. The molecule has 4 nitrogen and oxygen atoms in total. The van der Waals surface area contributed by atoms with Gasteiger partial charge in [-0.3, -0.25) is 0 Å². The van der Waals surface area contributed by atoms with Gasteiger partial charge in [0.1, 0.15) is 22.7 Å². The SMILES string of the molecule is C1=CCC(N(C2=CCCC=C2)C2=Cc3c(oc4ccc(-c5ccc6oc7c(c6c5)C=C(N(c5ccccc5)C5C=CC=CC5)CC7)cc34)CC2)C=C1. The first-order valence-corrected chi connectivity index (χ1v) is 19.0. The van der Waals surface area contributed by atoms with Gasteiger partial charge in [0.25, 0.3) is 0 Å². The van der Waals surface area contributed by atoms with E-state index in [1.54, 1.807) is 0 Å². The van der Waals surface area contributed by atoms with Crippen molar-refractivity contribution in [2.24, 2.45) is 0 Å². The average Bonchev–Trinajstić information content (AvgIpc) is 3.77. The van der Waals surface area contributed by atoms with Crippen LogP contribution >= 0.6 is 0 Å². The van der Waals surface area contributed by atoms with Crippen molar-refractivity contribution in [1.82, 2.24) is 4.90 Å². The smallest absolute Gasteiger partial charge is 0.134 e. The maximum Gasteiger partial charge on any atom is 0.134 e. The molecule has 2 atom stereocenters. The van der Waals surface area contributed by atoms with Crippen LogP contribution in [0.15, 0.2) is 159 Å². The summed E-state index contributed by atoms with van der Waals surface area (Å²) in [4.78, 5) is 5.09. The molecule has 4 heteroatoms. The zero-order valence-corrected chi connectivity index (χ0v) is 29.4. The van der Waals surface area contributed by atoms with Gasteiger partial charge in [0.05, 0.1) is 12.1 Å². The standard InChI is InChI=1S/C48H42N2O2/c1-5-13-35(14-6-1)49(36-15-7-2-8-16-36)39-23-27-47-43(31-39)41-29-33(21-25-45(41)51-47)34-22-26-46-42(30-34)44-32-40(24-28-48(44)52-46)50(37-17-9-3-10-18-37)38-19-11-4-12-20-38/h1-3,5-11,13-15,17,19-22,25-26,29-32,36-37H,4,12,16,18,23-24,27-28H2. The molecule has 0 saturated heterocycles. The number of benzene rings is 3. The molecule has 256 valence electrons. The summed E-state index contributed by atoms with van der Waals surface area (Å²) in [6.45, 7) is 0. The van der Waals surface area contributed by atoms with Crippen molar-refractivity contribution >= 4 is 39.8 Å². The Morgan fingerprint density at radius 1 is 0.558 bits per heavy atom. The van der Waals surface area contributed by atoms with E-state index < -0.39 is 0 Å². The summed E-state index contributed by atoms with van der Waals surface area (Å²) in [7, 11) is 0. The number of para-hydroxylation sites is 1. The third kappa shape index (κ3) is 5.54. The van der Waals surface area contributed by atoms with Gasteiger partial charge in [-0.25, -0.2) is 0 Å². The molecule has 0 amide bonds. The highest BCUT2D eigenvalue weighted by atomic mass is 16.3. The van der Waals surface area contributed by atoms with Crippen LogP contribution in [0.2, 0.25) is 0 Å². The van der Waals surface area contributed by atoms with Crippen LogP contribution in [0.1, 0.15) is 61.2 Å². The average molecular weight is 679 g/mol. The third-order valence-electron chi connectivity index (χ3n) is 11.3. The zero-order chi connectivity index (χ0) is 34.4. The third-order valence-corrected chi connectivity index (χ3v) is 11.3. The number of fused-ring (bicyclic) bond motifs is 6. The van der Waals surface area contributed by atoms with Gasteiger partial charge in [0.2, 0.25) is 0 Å². The van der Waals surface area contributed by atoms with Gasteiger partial charge in [0.15, 0.2) is 0 Å². The highest BCUT2D eigenvalue weighted by molar-refractivity contribution is 5.96. The predicted molar refractivity (Wildman–Crippen MR) is 215 cm³/mol. The van der Waals surface area contributed by atoms with Crippen molar-refractivity contribution in [3.63, 3.8) is 0 Å². The molecule has 5 aliphatic rings. The lowest BCUT2D eigenvalue weighted by Crippen LogP contribution is -2.34. The summed E-state index contributed by atoms with van der Waals surface area (Å²) in [5.74, 6) is 2.17. The number of rotatable bonds is 7. The predicted octanol–water partition coefficient (Wildman–Crippen LogP) is 12.2. The molecule has 10 rings (SSSR count). The highest BCUT2D eigenvalue weighted by Crippen LogP contribution is 2.42. The Morgan fingerprint density at radius 3 is 1.71 bits per heavy atom. The summed E-state index contributed by atoms with van der Waals surface area (Å²) < 4.78 is 13.0. The molecule has 3 aromatic carbocycles. The van der Waals surface area contributed by atoms with E-state index in [2.05, 4.69) is 156 Å². The molecule has 5 aliphatic carbocycles. The number of hydrogen-bond acceptors (Lipinski definition) is 4. The summed E-state index contributed by atoms with van der Waals surface area (Å²) in [6, 6.07) is 24.8. The minimum absolute atomic E-state index is 0.287. The van der Waals surface area contributed by atoms with Crippen molar-refractivity contribution in [1.29, 1.82) is 0 Å². The molecule has 0 bridgehead atoms. The lowest BCUT2D eigenvalue weighted by molar-refractivity contribution is 0.354. The molecule has 0 radical (unpaired) electrons. The summed E-state index contributed by atoms with van der Waals surface area (Å²) in [5, 5.41) is 2.36. The van der Waals surface area contributed by atoms with Crippen molar-refractivity contribution in [2.45, 2.75) is 63.5 Å². The maximum absolute atomic E-state index is 6.50. The Balaban J connectivity index is 1.02. The quantitative estimate of drug-likeness (QED) is 0.172. The Kier molecular flexibility index (Phi) is 7.82. The van der Waals surface area contributed by atoms with Crippen LogP contribution in [-0.2, 0) is 12.8 Å². The number of allylic oxidation sites excluding steroid dienone is 9. The van der Waals surface area contributed by atoms with E-state index in [0.717, 1.165) is 74.1 Å². The Labute approximate surface area is 305 Å². The van der Waals surface area contributed by atoms with Crippen molar-refractivity contribution < 1.29 is 8.83 Å². The summed E-state index contributed by atoms with van der Waals surface area (Å²) in [6.07, 6.45) is 37.6. The largest absolute Gasteiger partial charge is 0.460 e. The Bertz CT molecular complexity index is 2440. The van der Waals surface area contributed by atoms with Crippen LogP contribution in [0.4, 0.5) is 5.69 Å². The molecule has 0 fully saturated rings. The van der Waals surface area contributed by atoms with Crippen LogP contribution in [0.3, 0.4) is 0 Å². The van der Waals surface area contributed by atoms with E-state index >= 15 is 0 Å². The van der Waals surface area contributed by atoms with E-state index in [4.69, 9.17) is 8.83 Å². The van der Waals surface area contributed by atoms with Crippen LogP contribution < -0.4 is 4.90 Å². The minimum Gasteiger partial charge on any atom is -0.460 e. The zero-order valence-electron chi connectivity index (χ0n) is 29.4. The fourth-order valence-electron chi connectivity index (χ4n) is 8.75. The van der Waals surface area contributed by atoms with Crippen LogP contribution in [0.5, 0.6) is 0 Å². The normalized spacial score (nSPS) is 20.4. The van der Waals surface area contributed by atoms with Crippen molar-refractivity contribution in [3.8, 4) is 11.1 Å². The number of hydrogen-bond donors (Lipinski definition) is 0. The van der Waals surface area contributed by atoms with Crippen LogP contribution in [0.25, 0.3) is 45.2 Å². The van der Waals surface area contributed by atoms with Crippen LogP contribution in [0, 0.1) is 0 Å². The molecule has 0 spiro atoms. The van der Waals surface area contributed by atoms with E-state index in [1.807, 2.05) is 0 Å². The molecule has 2 unspecified atom stereocenters. The maximum atomic E-state index is 6.50. The lowest BCUT2D eigenvalue weighted by atomic mass is 9.93. The first-order valence-electron chi connectivity index (χ1n) is 19.0. The topological polar surface area (TPSA) is 32.8 Å². The minimum atomic E-state index is 0.287. The molecular weight excluding hydrogens is 637 g/mol. The molecule has 5 aromatic rings. The number of anilines is 1. The monoisotopic (exact) mass is 678 g/mol. The van der Waals surface area contributed by atoms with Crippen molar-refractivity contribution in [2.75, 3.05) is 4.90 Å². The Morgan fingerprint density at radius 2 is 1.15 bits per heavy atom. The number of furan rings is 2. The second-order valence-corrected chi connectivity index (χ2v) is 14.5. The fraction of sp³-hybridized carbons (Fsp3) is 0.208. The van der Waals surface area contributed by atoms with Gasteiger partial charge in [-0.15, -0.1) is 0 Å². The Hall–Kier alpha value is -5.74. The highest BCUT2D eigenvalue weighted by Gasteiger charge is 2.28. The van der Waals surface area contributed by atoms with Crippen LogP contribution in [-0.4, -0.2) is 17.0 Å². The lowest BCUT2D eigenvalue weighted by Gasteiger charge is -2.37. The molecule has 0 N–H and O–H groups in total. The fourth-order valence-corrected chi connectivity index (χ4v) is 8.75. The molecule has 52 heavy (non-hydrogen) atoms. The second-order valence-electron chi connectivity index (χ2n) is 14.5. The summed E-state index contributed by atoms with van der Waals surface area (Å²) in [5.41, 5.74) is 11.9. The van der Waals surface area contributed by atoms with Gasteiger partial charge in [-0.1, -0.05) is 91.1 Å². The molecule has 0 aliphatic heterocycles. The number of nitrogens with zero attached hydrogens (tertiary/aromatic N) is 2. The van der Waals surface area contributed by atoms with Gasteiger partial charge in [0, 0.05) is 57.5 Å². The first kappa shape index (κ1) is 31.0. The van der Waals surface area contributed by atoms with E-state index in [9.17, 15) is 0 Å². The van der Waals surface area contributed by atoms with E-state index in [0.29, 0.717) is 6.04 Å². The van der Waals surface area contributed by atoms with Gasteiger partial charge in [-0.05, 0) is 104 Å². The van der Waals surface area contributed by atoms with E-state index in [1.165, 1.54) is 55.8 Å². The second kappa shape index (κ2) is 13.1. The number of aryl methyl sites for hydroxylation is 2. The van der Waals surface area contributed by atoms with Gasteiger partial charge >= 0.3 is 0 Å². The molecule has 2 heterocycles. The first-order chi connectivity index (χ1) is 25.8. The molecular formula is C48H42N2O2.